The maximum atomic E-state index is 12.6. The van der Waals surface area contributed by atoms with Crippen molar-refractivity contribution < 1.29 is 9.90 Å². The molecule has 3 fully saturated rings. The molecule has 2 saturated carbocycles. The molecule has 6 nitrogen and oxygen atoms in total. The zero-order valence-electron chi connectivity index (χ0n) is 27.3. The molecule has 1 saturated heterocycles. The number of hydrogen-bond acceptors (Lipinski definition) is 5. The first-order valence-corrected chi connectivity index (χ1v) is 16.3. The molecule has 1 spiro atoms. The summed E-state index contributed by atoms with van der Waals surface area (Å²) in [5.74, 6) is 0.256. The molecule has 6 unspecified atom stereocenters. The molecule has 2 aromatic rings. The number of hydrogen-bond donors (Lipinski definition) is 3. The van der Waals surface area contributed by atoms with Crippen LogP contribution in [0.5, 0.6) is 0 Å². The predicted molar refractivity (Wildman–Crippen MR) is 179 cm³/mol. The number of aliphatic imine (C=N–C) groups is 1. The molecule has 2 aliphatic carbocycles. The Bertz CT molecular complexity index is 1430. The fourth-order valence-electron chi connectivity index (χ4n) is 8.28. The minimum absolute atomic E-state index is 0.339. The van der Waals surface area contributed by atoms with Crippen LogP contribution in [-0.4, -0.2) is 46.9 Å². The Morgan fingerprint density at radius 2 is 2.00 bits per heavy atom. The number of anilines is 2. The number of nitrogens with one attached hydrogen (secondary N) is 1. The molecule has 1 heterocycles. The van der Waals surface area contributed by atoms with Gasteiger partial charge in [-0.3, -0.25) is 14.7 Å². The molecule has 0 amide bonds. The van der Waals surface area contributed by atoms with Crippen molar-refractivity contribution in [1.82, 2.24) is 4.90 Å². The molecule has 0 aromatic heterocycles. The summed E-state index contributed by atoms with van der Waals surface area (Å²) < 4.78 is 0. The van der Waals surface area contributed by atoms with E-state index in [9.17, 15) is 9.90 Å². The zero-order chi connectivity index (χ0) is 31.1. The number of aliphatic carboxylic acids is 1. The van der Waals surface area contributed by atoms with Crippen LogP contribution in [-0.2, 0) is 11.2 Å². The van der Waals surface area contributed by atoms with Gasteiger partial charge in [-0.15, -0.1) is 0 Å². The van der Waals surface area contributed by atoms with E-state index in [-0.39, 0.29) is 5.92 Å². The number of piperidine rings is 1. The van der Waals surface area contributed by atoms with Crippen molar-refractivity contribution in [1.29, 1.82) is 0 Å². The van der Waals surface area contributed by atoms with Gasteiger partial charge >= 0.3 is 5.97 Å². The van der Waals surface area contributed by atoms with Crippen LogP contribution >= 0.6 is 0 Å². The average Bonchev–Trinajstić information content (AvgIpc) is 3.53. The number of carbonyl (C=O) groups is 1. The molecule has 6 atom stereocenters. The number of likely N-dealkylation sites (tertiary alicyclic amines) is 1. The van der Waals surface area contributed by atoms with Gasteiger partial charge in [0.2, 0.25) is 0 Å². The van der Waals surface area contributed by atoms with E-state index in [1.165, 1.54) is 42.5 Å². The maximum absolute atomic E-state index is 12.6. The zero-order valence-corrected chi connectivity index (χ0v) is 27.3. The van der Waals surface area contributed by atoms with Crippen LogP contribution in [0.4, 0.5) is 11.4 Å². The third kappa shape index (κ3) is 5.63. The Morgan fingerprint density at radius 3 is 2.63 bits per heavy atom. The molecule has 4 N–H and O–H groups in total. The van der Waals surface area contributed by atoms with Crippen LogP contribution < -0.4 is 11.1 Å². The average molecular weight is 585 g/mol. The fraction of sp³-hybridized carbons (Fsp3) is 0.568. The molecule has 43 heavy (non-hydrogen) atoms. The van der Waals surface area contributed by atoms with E-state index in [2.05, 4.69) is 42.3 Å². The molecule has 2 aromatic carbocycles. The molecular formula is C37H52N4O2. The Kier molecular flexibility index (Phi) is 8.82. The molecule has 1 aliphatic heterocycles. The third-order valence-corrected chi connectivity index (χ3v) is 11.2. The van der Waals surface area contributed by atoms with Gasteiger partial charge in [-0.05, 0) is 125 Å². The third-order valence-electron chi connectivity index (χ3n) is 11.2. The lowest BCUT2D eigenvalue weighted by molar-refractivity contribution is -0.147. The Labute approximate surface area is 258 Å². The second kappa shape index (κ2) is 12.1. The Hall–Kier alpha value is -3.12. The van der Waals surface area contributed by atoms with Crippen LogP contribution in [0, 0.1) is 31.1 Å². The van der Waals surface area contributed by atoms with E-state index in [1.54, 1.807) is 0 Å². The summed E-state index contributed by atoms with van der Waals surface area (Å²) in [4.78, 5) is 20.3. The topological polar surface area (TPSA) is 90.7 Å². The van der Waals surface area contributed by atoms with Crippen molar-refractivity contribution in [3.63, 3.8) is 0 Å². The highest BCUT2D eigenvalue weighted by Crippen LogP contribution is 2.66. The maximum Gasteiger partial charge on any atom is 0.310 e. The van der Waals surface area contributed by atoms with Gasteiger partial charge in [0.1, 0.15) is 0 Å². The number of carboxylic acids is 1. The van der Waals surface area contributed by atoms with Gasteiger partial charge in [0.25, 0.3) is 0 Å². The lowest BCUT2D eigenvalue weighted by Crippen LogP contribution is -2.38. The van der Waals surface area contributed by atoms with E-state index in [0.29, 0.717) is 17.1 Å². The highest BCUT2D eigenvalue weighted by molar-refractivity contribution is 5.87. The van der Waals surface area contributed by atoms with Crippen molar-refractivity contribution in [3.8, 4) is 0 Å². The lowest BCUT2D eigenvalue weighted by Gasteiger charge is -2.36. The predicted octanol–water partition coefficient (Wildman–Crippen LogP) is 7.73. The van der Waals surface area contributed by atoms with Gasteiger partial charge in [0, 0.05) is 43.0 Å². The van der Waals surface area contributed by atoms with Crippen LogP contribution in [0.3, 0.4) is 0 Å². The quantitative estimate of drug-likeness (QED) is 0.127. The lowest BCUT2D eigenvalue weighted by atomic mass is 9.69. The Morgan fingerprint density at radius 1 is 1.23 bits per heavy atom. The largest absolute Gasteiger partial charge is 0.481 e. The molecule has 3 aliphatic rings. The summed E-state index contributed by atoms with van der Waals surface area (Å²) in [5, 5.41) is 13.5. The minimum atomic E-state index is -1.02. The first kappa shape index (κ1) is 31.3. The molecule has 232 valence electrons. The standard InChI is InChI=1S/C37H52N4O2/c1-8-19-40-29(22-41-32-16-12-28-17-18-37(28,32)41)13-9-23(2)20-27-21-26(11-10-24(27)3)33(36(5,6)35(42)43)30-14-15-31(39-7)34(38)25(30)4/h8,10-11,14-15,19,21,23,28,32-33,39H,9,12-13,16-18,20,22,38H2,1-7H3,(H,42,43)/b19-8-,40-29?. The van der Waals surface area contributed by atoms with Crippen LogP contribution in [0.25, 0.3) is 0 Å². The number of allylic oxidation sites excluding steroid dienone is 1. The van der Waals surface area contributed by atoms with Crippen molar-refractivity contribution >= 4 is 23.1 Å². The summed E-state index contributed by atoms with van der Waals surface area (Å²) in [6.45, 7) is 13.2. The number of benzene rings is 2. The summed E-state index contributed by atoms with van der Waals surface area (Å²) in [6.07, 6.45) is 12.6. The van der Waals surface area contributed by atoms with E-state index < -0.39 is 11.4 Å². The number of nitrogen functional groups attached to an aromatic ring is 1. The van der Waals surface area contributed by atoms with E-state index in [4.69, 9.17) is 10.7 Å². The molecule has 0 bridgehead atoms. The van der Waals surface area contributed by atoms with E-state index in [1.807, 2.05) is 59.2 Å². The summed E-state index contributed by atoms with van der Waals surface area (Å²) >= 11 is 0. The number of aryl methyl sites for hydroxylation is 1. The first-order chi connectivity index (χ1) is 20.4. The summed E-state index contributed by atoms with van der Waals surface area (Å²) in [5.41, 5.74) is 14.3. The summed E-state index contributed by atoms with van der Waals surface area (Å²) in [7, 11) is 1.85. The van der Waals surface area contributed by atoms with Gasteiger partial charge < -0.3 is 16.2 Å². The van der Waals surface area contributed by atoms with Gasteiger partial charge in [-0.1, -0.05) is 37.3 Å². The second-order valence-electron chi connectivity index (χ2n) is 14.1. The first-order valence-electron chi connectivity index (χ1n) is 16.3. The van der Waals surface area contributed by atoms with Crippen molar-refractivity contribution in [2.45, 2.75) is 104 Å². The summed E-state index contributed by atoms with van der Waals surface area (Å²) in [6, 6.07) is 11.3. The highest BCUT2D eigenvalue weighted by Gasteiger charge is 2.73. The minimum Gasteiger partial charge on any atom is -0.481 e. The van der Waals surface area contributed by atoms with E-state index >= 15 is 0 Å². The van der Waals surface area contributed by atoms with Gasteiger partial charge in [0.05, 0.1) is 16.8 Å². The number of carboxylic acid groups (broad SMARTS) is 1. The monoisotopic (exact) mass is 584 g/mol. The van der Waals surface area contributed by atoms with Crippen LogP contribution in [0.2, 0.25) is 0 Å². The SMILES string of the molecule is C/C=C\N=C(CCC(C)Cc1cc(C(c2ccc(NC)c(N)c2C)C(C)(C)C(=O)O)ccc1C)CN1C2CCC3CCC321. The Balaban J connectivity index is 1.33. The number of nitrogens with zero attached hydrogens (tertiary/aromatic N) is 2. The highest BCUT2D eigenvalue weighted by atomic mass is 16.4. The molecule has 6 heteroatoms. The van der Waals surface area contributed by atoms with Crippen LogP contribution in [0.1, 0.15) is 100.0 Å². The molecule has 5 rings (SSSR count). The van der Waals surface area contributed by atoms with Gasteiger partial charge in [-0.25, -0.2) is 0 Å². The van der Waals surface area contributed by atoms with Crippen LogP contribution in [0.15, 0.2) is 47.6 Å². The molecular weight excluding hydrogens is 532 g/mol. The second-order valence-corrected chi connectivity index (χ2v) is 14.1. The molecule has 0 radical (unpaired) electrons. The van der Waals surface area contributed by atoms with Crippen molar-refractivity contribution in [3.05, 3.63) is 70.4 Å². The fourth-order valence-corrected chi connectivity index (χ4v) is 8.28. The van der Waals surface area contributed by atoms with E-state index in [0.717, 1.165) is 60.1 Å². The number of rotatable bonds is 13. The van der Waals surface area contributed by atoms with Gasteiger partial charge in [0.15, 0.2) is 0 Å². The number of nitrogens with two attached hydrogens (primary N) is 1. The van der Waals surface area contributed by atoms with Crippen molar-refractivity contribution in [2.24, 2.45) is 22.2 Å². The van der Waals surface area contributed by atoms with Crippen molar-refractivity contribution in [2.75, 3.05) is 24.6 Å². The van der Waals surface area contributed by atoms with Gasteiger partial charge in [-0.2, -0.15) is 0 Å². The normalized spacial score (nSPS) is 26.0. The smallest absolute Gasteiger partial charge is 0.310 e.